The topological polar surface area (TPSA) is 85.4 Å². The molecular weight excluding hydrogens is 396 g/mol. The van der Waals surface area contributed by atoms with Gasteiger partial charge in [0.2, 0.25) is 5.91 Å². The number of carbonyl (C=O) groups excluding carboxylic acids is 1. The Morgan fingerprint density at radius 2 is 2.04 bits per heavy atom. The molecule has 1 aromatic carbocycles. The zero-order valence-electron chi connectivity index (χ0n) is 13.2. The van der Waals surface area contributed by atoms with Crippen molar-refractivity contribution in [2.45, 2.75) is 25.2 Å². The average Bonchev–Trinajstić information content (AvgIpc) is 2.51. The van der Waals surface area contributed by atoms with Crippen LogP contribution in [0.2, 0.25) is 0 Å². The molecule has 0 radical (unpaired) electrons. The number of benzene rings is 1. The number of hydrogen-bond donors (Lipinski definition) is 1. The summed E-state index contributed by atoms with van der Waals surface area (Å²) < 4.78 is 32.5. The molecule has 24 heavy (non-hydrogen) atoms. The Labute approximate surface area is 149 Å². The lowest BCUT2D eigenvalue weighted by Crippen LogP contribution is -2.31. The van der Waals surface area contributed by atoms with Crippen LogP contribution in [0.4, 0.5) is 0 Å². The molecule has 0 fully saturated rings. The highest BCUT2D eigenvalue weighted by Gasteiger charge is 2.19. The Balaban J connectivity index is 2.11. The zero-order valence-corrected chi connectivity index (χ0v) is 15.6. The number of nitrogens with zero attached hydrogens (tertiary/aromatic N) is 1. The van der Waals surface area contributed by atoms with Gasteiger partial charge in [0, 0.05) is 11.9 Å². The Bertz CT molecular complexity index is 836. The van der Waals surface area contributed by atoms with Crippen molar-refractivity contribution >= 4 is 31.9 Å². The van der Waals surface area contributed by atoms with Crippen LogP contribution < -0.4 is 9.46 Å². The first-order chi connectivity index (χ1) is 11.3. The lowest BCUT2D eigenvalue weighted by atomic mass is 10.2. The third-order valence-corrected chi connectivity index (χ3v) is 5.09. The van der Waals surface area contributed by atoms with Crippen LogP contribution in [0, 0.1) is 6.92 Å². The minimum atomic E-state index is -3.95. The Morgan fingerprint density at radius 3 is 2.62 bits per heavy atom. The average molecular weight is 413 g/mol. The highest BCUT2D eigenvalue weighted by molar-refractivity contribution is 9.10. The number of aryl methyl sites for hydroxylation is 1. The number of sulfonamides is 1. The number of halogens is 1. The summed E-state index contributed by atoms with van der Waals surface area (Å²) in [6.45, 7) is 4.13. The van der Waals surface area contributed by atoms with Gasteiger partial charge in [0.1, 0.15) is 5.75 Å². The van der Waals surface area contributed by atoms with Gasteiger partial charge in [-0.15, -0.1) is 0 Å². The fourth-order valence-corrected chi connectivity index (χ4v) is 3.61. The van der Waals surface area contributed by atoms with Gasteiger partial charge in [-0.2, -0.15) is 0 Å². The lowest BCUT2D eigenvalue weighted by molar-refractivity contribution is -0.118. The van der Waals surface area contributed by atoms with Crippen molar-refractivity contribution in [2.75, 3.05) is 6.61 Å². The predicted molar refractivity (Wildman–Crippen MR) is 93.3 cm³/mol. The van der Waals surface area contributed by atoms with Crippen molar-refractivity contribution in [3.63, 3.8) is 0 Å². The maximum Gasteiger partial charge on any atom is 0.264 e. The van der Waals surface area contributed by atoms with Crippen LogP contribution in [0.3, 0.4) is 0 Å². The van der Waals surface area contributed by atoms with Crippen LogP contribution in [0.25, 0.3) is 0 Å². The van der Waals surface area contributed by atoms with Crippen molar-refractivity contribution in [3.05, 3.63) is 52.3 Å². The zero-order chi connectivity index (χ0) is 17.7. The van der Waals surface area contributed by atoms with Crippen LogP contribution in [0.5, 0.6) is 5.75 Å². The third-order valence-electron chi connectivity index (χ3n) is 3.10. The van der Waals surface area contributed by atoms with Gasteiger partial charge in [-0.25, -0.2) is 13.1 Å². The molecule has 1 N–H and O–H groups in total. The number of hydrogen-bond acceptors (Lipinski definition) is 5. The first-order valence-corrected chi connectivity index (χ1v) is 9.49. The smallest absolute Gasteiger partial charge is 0.264 e. The molecule has 1 aromatic heterocycles. The number of rotatable bonds is 6. The Hall–Kier alpha value is -1.93. The van der Waals surface area contributed by atoms with E-state index in [1.54, 1.807) is 18.3 Å². The summed E-state index contributed by atoms with van der Waals surface area (Å²) >= 11 is 3.26. The standard InChI is InChI=1S/C16H17BrN2O4S/c1-3-23-15-7-6-13(9-14(15)17)24(21,22)19-16(20)8-12-5-4-11(2)18-10-12/h4-7,9-10H,3,8H2,1-2H3,(H,19,20). The van der Waals surface area contributed by atoms with Crippen LogP contribution in [0.15, 0.2) is 45.9 Å². The van der Waals surface area contributed by atoms with Crippen molar-refractivity contribution in [1.29, 1.82) is 0 Å². The number of pyridine rings is 1. The molecule has 6 nitrogen and oxygen atoms in total. The maximum atomic E-state index is 12.3. The van der Waals surface area contributed by atoms with E-state index in [1.165, 1.54) is 18.2 Å². The summed E-state index contributed by atoms with van der Waals surface area (Å²) in [6, 6.07) is 7.83. The fraction of sp³-hybridized carbons (Fsp3) is 0.250. The third kappa shape index (κ3) is 4.78. The number of nitrogens with one attached hydrogen (secondary N) is 1. The van der Waals surface area contributed by atoms with E-state index in [9.17, 15) is 13.2 Å². The van der Waals surface area contributed by atoms with Gasteiger partial charge in [0.15, 0.2) is 0 Å². The molecular formula is C16H17BrN2O4S. The minimum absolute atomic E-state index is 0.0202. The van der Waals surface area contributed by atoms with E-state index in [2.05, 4.69) is 25.6 Å². The molecule has 8 heteroatoms. The monoisotopic (exact) mass is 412 g/mol. The van der Waals surface area contributed by atoms with E-state index < -0.39 is 15.9 Å². The summed E-state index contributed by atoms with van der Waals surface area (Å²) in [7, 11) is -3.95. The first-order valence-electron chi connectivity index (χ1n) is 7.21. The molecule has 0 spiro atoms. The van der Waals surface area contributed by atoms with Gasteiger partial charge >= 0.3 is 0 Å². The number of aromatic nitrogens is 1. The molecule has 0 unspecified atom stereocenters. The van der Waals surface area contributed by atoms with E-state index in [0.29, 0.717) is 22.4 Å². The van der Waals surface area contributed by atoms with E-state index in [0.717, 1.165) is 5.69 Å². The summed E-state index contributed by atoms with van der Waals surface area (Å²) in [5.41, 5.74) is 1.46. The number of amides is 1. The van der Waals surface area contributed by atoms with Crippen LogP contribution in [0.1, 0.15) is 18.2 Å². The van der Waals surface area contributed by atoms with Gasteiger partial charge in [-0.05, 0) is 59.6 Å². The molecule has 0 saturated heterocycles. The number of carbonyl (C=O) groups is 1. The highest BCUT2D eigenvalue weighted by Crippen LogP contribution is 2.27. The number of ether oxygens (including phenoxy) is 1. The lowest BCUT2D eigenvalue weighted by Gasteiger charge is -2.10. The molecule has 0 saturated carbocycles. The molecule has 2 aromatic rings. The molecule has 0 aliphatic rings. The molecule has 128 valence electrons. The van der Waals surface area contributed by atoms with Crippen molar-refractivity contribution in [2.24, 2.45) is 0 Å². The molecule has 0 aliphatic carbocycles. The van der Waals surface area contributed by atoms with Crippen molar-refractivity contribution in [1.82, 2.24) is 9.71 Å². The molecule has 0 atom stereocenters. The van der Waals surface area contributed by atoms with Crippen molar-refractivity contribution in [3.8, 4) is 5.75 Å². The van der Waals surface area contributed by atoms with E-state index in [4.69, 9.17) is 4.74 Å². The van der Waals surface area contributed by atoms with E-state index in [-0.39, 0.29) is 11.3 Å². The maximum absolute atomic E-state index is 12.3. The molecule has 0 bridgehead atoms. The quantitative estimate of drug-likeness (QED) is 0.787. The Kier molecular flexibility index (Phi) is 5.95. The Morgan fingerprint density at radius 1 is 1.29 bits per heavy atom. The van der Waals surface area contributed by atoms with Gasteiger partial charge in [0.25, 0.3) is 10.0 Å². The van der Waals surface area contributed by atoms with Gasteiger partial charge < -0.3 is 4.74 Å². The largest absolute Gasteiger partial charge is 0.493 e. The summed E-state index contributed by atoms with van der Waals surface area (Å²) in [5, 5.41) is 0. The molecule has 1 heterocycles. The predicted octanol–water partition coefficient (Wildman–Crippen LogP) is 2.60. The summed E-state index contributed by atoms with van der Waals surface area (Å²) in [5.74, 6) is -0.0841. The van der Waals surface area contributed by atoms with Crippen LogP contribution >= 0.6 is 15.9 Å². The van der Waals surface area contributed by atoms with Crippen LogP contribution in [-0.2, 0) is 21.2 Å². The van der Waals surface area contributed by atoms with Crippen LogP contribution in [-0.4, -0.2) is 25.9 Å². The minimum Gasteiger partial charge on any atom is -0.493 e. The first kappa shape index (κ1) is 18.4. The van der Waals surface area contributed by atoms with E-state index in [1.807, 2.05) is 13.8 Å². The normalized spacial score (nSPS) is 11.1. The van der Waals surface area contributed by atoms with E-state index >= 15 is 0 Å². The SMILES string of the molecule is CCOc1ccc(S(=O)(=O)NC(=O)Cc2ccc(C)nc2)cc1Br. The summed E-state index contributed by atoms with van der Waals surface area (Å²) in [4.78, 5) is 16.0. The highest BCUT2D eigenvalue weighted by atomic mass is 79.9. The second-order valence-corrected chi connectivity index (χ2v) is 7.58. The summed E-state index contributed by atoms with van der Waals surface area (Å²) in [6.07, 6.45) is 1.49. The van der Waals surface area contributed by atoms with Gasteiger partial charge in [0.05, 0.1) is 22.4 Å². The molecule has 1 amide bonds. The van der Waals surface area contributed by atoms with Crippen molar-refractivity contribution < 1.29 is 17.9 Å². The molecule has 2 rings (SSSR count). The fourth-order valence-electron chi connectivity index (χ4n) is 1.95. The second-order valence-electron chi connectivity index (χ2n) is 5.04. The van der Waals surface area contributed by atoms with Gasteiger partial charge in [-0.1, -0.05) is 6.07 Å². The van der Waals surface area contributed by atoms with Gasteiger partial charge in [-0.3, -0.25) is 9.78 Å². The second kappa shape index (κ2) is 7.76. The molecule has 0 aliphatic heterocycles.